The molecule has 0 unspecified atom stereocenters. The fourth-order valence-electron chi connectivity index (χ4n) is 7.20. The third kappa shape index (κ3) is 4.56. The normalized spacial score (nSPS) is 21.9. The number of ether oxygens (including phenoxy) is 1. The fraction of sp³-hybridized carbons (Fsp3) is 0.533. The lowest BCUT2D eigenvalue weighted by Gasteiger charge is -2.51. The number of rotatable bonds is 5. The lowest BCUT2D eigenvalue weighted by molar-refractivity contribution is 0.0325. The van der Waals surface area contributed by atoms with Crippen molar-refractivity contribution in [2.24, 2.45) is 0 Å². The smallest absolute Gasteiger partial charge is 0.263 e. The number of benzene rings is 1. The summed E-state index contributed by atoms with van der Waals surface area (Å²) < 4.78 is 7.98. The van der Waals surface area contributed by atoms with Crippen molar-refractivity contribution >= 4 is 45.7 Å². The first-order valence-corrected chi connectivity index (χ1v) is 15.0. The molecular formula is C30H36ClN7O3. The molecule has 0 amide bonds. The largest absolute Gasteiger partial charge is 0.489 e. The highest BCUT2D eigenvalue weighted by Crippen LogP contribution is 2.44. The summed E-state index contributed by atoms with van der Waals surface area (Å²) >= 11 is 6.88. The second-order valence-electron chi connectivity index (χ2n) is 12.1. The number of carbonyl (C=O) groups excluding carboxylic acids is 1. The van der Waals surface area contributed by atoms with Crippen LogP contribution in [0.15, 0.2) is 23.1 Å². The molecule has 7 rings (SSSR count). The zero-order chi connectivity index (χ0) is 28.4. The minimum Gasteiger partial charge on any atom is -0.489 e. The Morgan fingerprint density at radius 1 is 1.10 bits per heavy atom. The molecule has 2 saturated heterocycles. The number of hydrogen-bond donors (Lipinski definition) is 1. The maximum atomic E-state index is 13.5. The molecule has 0 spiro atoms. The summed E-state index contributed by atoms with van der Waals surface area (Å²) in [5.41, 5.74) is 2.81. The van der Waals surface area contributed by atoms with Crippen molar-refractivity contribution < 1.29 is 9.53 Å². The van der Waals surface area contributed by atoms with Crippen LogP contribution in [0.4, 0.5) is 17.3 Å². The van der Waals surface area contributed by atoms with Crippen molar-refractivity contribution in [2.75, 3.05) is 56.6 Å². The van der Waals surface area contributed by atoms with Crippen LogP contribution in [0.5, 0.6) is 5.75 Å². The summed E-state index contributed by atoms with van der Waals surface area (Å²) in [6.07, 6.45) is 5.61. The van der Waals surface area contributed by atoms with Gasteiger partial charge in [0.2, 0.25) is 5.95 Å². The van der Waals surface area contributed by atoms with Crippen molar-refractivity contribution in [2.45, 2.75) is 57.7 Å². The second kappa shape index (κ2) is 10.3. The predicted molar refractivity (Wildman–Crippen MR) is 160 cm³/mol. The molecular weight excluding hydrogens is 542 g/mol. The lowest BCUT2D eigenvalue weighted by Crippen LogP contribution is -2.65. The van der Waals surface area contributed by atoms with Gasteiger partial charge in [0.1, 0.15) is 18.0 Å². The number of likely N-dealkylation sites (tertiary alicyclic amines) is 1. The van der Waals surface area contributed by atoms with Crippen molar-refractivity contribution in [3.8, 4) is 5.75 Å². The van der Waals surface area contributed by atoms with Crippen LogP contribution in [0.3, 0.4) is 0 Å². The van der Waals surface area contributed by atoms with Crippen molar-refractivity contribution in [1.29, 1.82) is 0 Å². The number of hydrogen-bond acceptors (Lipinski definition) is 9. The lowest BCUT2D eigenvalue weighted by atomic mass is 10.0. The Kier molecular flexibility index (Phi) is 6.67. The Bertz CT molecular complexity index is 1600. The van der Waals surface area contributed by atoms with Gasteiger partial charge in [-0.1, -0.05) is 24.4 Å². The van der Waals surface area contributed by atoms with E-state index in [1.165, 1.54) is 6.92 Å². The van der Waals surface area contributed by atoms with E-state index in [-0.39, 0.29) is 29.0 Å². The van der Waals surface area contributed by atoms with E-state index in [9.17, 15) is 9.59 Å². The highest BCUT2D eigenvalue weighted by molar-refractivity contribution is 6.34. The van der Waals surface area contributed by atoms with Gasteiger partial charge in [0.25, 0.3) is 5.56 Å². The summed E-state index contributed by atoms with van der Waals surface area (Å²) in [4.78, 5) is 42.7. The summed E-state index contributed by atoms with van der Waals surface area (Å²) in [6.45, 7) is 9.04. The van der Waals surface area contributed by atoms with Crippen LogP contribution in [0.25, 0.3) is 11.0 Å². The Morgan fingerprint density at radius 3 is 2.61 bits per heavy atom. The van der Waals surface area contributed by atoms with Crippen LogP contribution in [0, 0.1) is 6.92 Å². The maximum absolute atomic E-state index is 13.5. The zero-order valence-electron chi connectivity index (χ0n) is 23.8. The van der Waals surface area contributed by atoms with Gasteiger partial charge in [-0.2, -0.15) is 4.98 Å². The van der Waals surface area contributed by atoms with Gasteiger partial charge in [0.05, 0.1) is 22.3 Å². The molecule has 0 bridgehead atoms. The zero-order valence-corrected chi connectivity index (χ0v) is 24.6. The van der Waals surface area contributed by atoms with Gasteiger partial charge in [-0.25, -0.2) is 4.98 Å². The maximum Gasteiger partial charge on any atom is 0.263 e. The van der Waals surface area contributed by atoms with Crippen molar-refractivity contribution in [1.82, 2.24) is 24.3 Å². The van der Waals surface area contributed by atoms with Gasteiger partial charge in [-0.05, 0) is 45.4 Å². The molecule has 1 N–H and O–H groups in total. The number of aromatic nitrogens is 3. The molecule has 41 heavy (non-hydrogen) atoms. The van der Waals surface area contributed by atoms with Gasteiger partial charge in [0.15, 0.2) is 5.78 Å². The quantitative estimate of drug-likeness (QED) is 0.451. The molecule has 2 aromatic heterocycles. The number of likely N-dealkylation sites (N-methyl/N-ethyl adjacent to an activating group) is 1. The molecule has 1 aromatic carbocycles. The minimum atomic E-state index is -0.261. The first-order chi connectivity index (χ1) is 19.8. The molecule has 216 valence electrons. The van der Waals surface area contributed by atoms with Crippen LogP contribution in [0.2, 0.25) is 5.02 Å². The molecule has 4 aliphatic rings. The number of piperazine rings is 1. The SMILES string of the molecule is CC(=O)c1c(C)c2cnc(Nc3cc(Cl)c4c(c3)OC[C@H]3CN(C5CN(C)C5)CCN43)nc2n(C2CCCC2)c1=O. The summed E-state index contributed by atoms with van der Waals surface area (Å²) in [6, 6.07) is 4.78. The van der Waals surface area contributed by atoms with Crippen LogP contribution in [-0.2, 0) is 0 Å². The van der Waals surface area contributed by atoms with E-state index < -0.39 is 0 Å². The number of ketones is 1. The summed E-state index contributed by atoms with van der Waals surface area (Å²) in [5, 5.41) is 4.64. The Morgan fingerprint density at radius 2 is 1.88 bits per heavy atom. The highest BCUT2D eigenvalue weighted by Gasteiger charge is 2.39. The number of halogens is 1. The minimum absolute atomic E-state index is 0.0247. The summed E-state index contributed by atoms with van der Waals surface area (Å²) in [5.74, 6) is 0.882. The average Bonchev–Trinajstić information content (AvgIpc) is 3.45. The van der Waals surface area contributed by atoms with E-state index in [0.717, 1.165) is 80.9 Å². The molecule has 1 aliphatic carbocycles. The number of fused-ring (bicyclic) bond motifs is 4. The predicted octanol–water partition coefficient (Wildman–Crippen LogP) is 4.01. The Labute approximate surface area is 244 Å². The van der Waals surface area contributed by atoms with Crippen LogP contribution >= 0.6 is 11.6 Å². The van der Waals surface area contributed by atoms with Gasteiger partial charge < -0.3 is 19.9 Å². The van der Waals surface area contributed by atoms with Gasteiger partial charge in [-0.3, -0.25) is 19.1 Å². The number of anilines is 3. The molecule has 10 nitrogen and oxygen atoms in total. The van der Waals surface area contributed by atoms with Crippen molar-refractivity contribution in [3.05, 3.63) is 44.8 Å². The van der Waals surface area contributed by atoms with Crippen LogP contribution in [0.1, 0.15) is 54.6 Å². The number of carbonyl (C=O) groups is 1. The van der Waals surface area contributed by atoms with E-state index in [0.29, 0.717) is 34.8 Å². The summed E-state index contributed by atoms with van der Waals surface area (Å²) in [7, 11) is 2.17. The molecule has 1 atom stereocenters. The first kappa shape index (κ1) is 26.7. The molecule has 0 radical (unpaired) electrons. The number of nitrogens with zero attached hydrogens (tertiary/aromatic N) is 6. The topological polar surface area (TPSA) is 95.8 Å². The second-order valence-corrected chi connectivity index (χ2v) is 12.5. The molecule has 1 saturated carbocycles. The third-order valence-corrected chi connectivity index (χ3v) is 9.62. The molecule has 5 heterocycles. The molecule has 3 aliphatic heterocycles. The molecule has 3 fully saturated rings. The third-order valence-electron chi connectivity index (χ3n) is 9.33. The van der Waals surface area contributed by atoms with E-state index in [4.69, 9.17) is 21.3 Å². The first-order valence-electron chi connectivity index (χ1n) is 14.6. The van der Waals surface area contributed by atoms with Gasteiger partial charge in [-0.15, -0.1) is 0 Å². The van der Waals surface area contributed by atoms with E-state index in [1.54, 1.807) is 17.7 Å². The van der Waals surface area contributed by atoms with E-state index in [2.05, 4.69) is 32.0 Å². The molecule has 3 aromatic rings. The number of Topliss-reactive ketones (excluding diaryl/α,β-unsaturated/α-hetero) is 1. The monoisotopic (exact) mass is 577 g/mol. The standard InChI is InChI=1S/C30H36ClN7O3/c1-17-23-12-32-30(34-28(23)38(20-6-4-5-7-20)29(40)26(17)18(2)39)33-19-10-24(31)27-25(11-19)41-16-22-15-36(8-9-37(22)27)21-13-35(3)14-21/h10-12,20-22H,4-9,13-16H2,1-3H3,(H,32,33,34)/t22-/m1/s1. The average molecular weight is 578 g/mol. The Hall–Kier alpha value is -3.21. The van der Waals surface area contributed by atoms with Crippen molar-refractivity contribution in [3.63, 3.8) is 0 Å². The Balaban J connectivity index is 1.19. The molecule has 11 heteroatoms. The van der Waals surface area contributed by atoms with E-state index in [1.807, 2.05) is 12.1 Å². The van der Waals surface area contributed by atoms with E-state index >= 15 is 0 Å². The number of nitrogens with one attached hydrogen (secondary N) is 1. The van der Waals surface area contributed by atoms with Gasteiger partial charge >= 0.3 is 0 Å². The number of aryl methyl sites for hydroxylation is 1. The van der Waals surface area contributed by atoms with Gasteiger partial charge in [0, 0.05) is 68.1 Å². The van der Waals surface area contributed by atoms with Crippen LogP contribution in [-0.4, -0.2) is 88.6 Å². The number of pyridine rings is 1. The van der Waals surface area contributed by atoms with Crippen LogP contribution < -0.4 is 20.5 Å². The fourth-order valence-corrected chi connectivity index (χ4v) is 7.52. The highest BCUT2D eigenvalue weighted by atomic mass is 35.5.